The maximum absolute atomic E-state index is 12.9. The summed E-state index contributed by atoms with van der Waals surface area (Å²) in [6, 6.07) is 8.04. The zero-order valence-electron chi connectivity index (χ0n) is 19.1. The molecule has 0 unspecified atom stereocenters. The number of nitrogens with one attached hydrogen (secondary N) is 1. The van der Waals surface area contributed by atoms with Crippen LogP contribution in [0.15, 0.2) is 35.8 Å². The quantitative estimate of drug-likeness (QED) is 0.500. The van der Waals surface area contributed by atoms with E-state index >= 15 is 0 Å². The normalized spacial score (nSPS) is 14.3. The molecule has 33 heavy (non-hydrogen) atoms. The van der Waals surface area contributed by atoms with Gasteiger partial charge in [-0.2, -0.15) is 0 Å². The second-order valence-electron chi connectivity index (χ2n) is 7.95. The molecule has 0 atom stereocenters. The van der Waals surface area contributed by atoms with Crippen molar-refractivity contribution in [2.75, 3.05) is 49.5 Å². The number of aryl methyl sites for hydroxylation is 2. The molecule has 1 saturated heterocycles. The van der Waals surface area contributed by atoms with Gasteiger partial charge < -0.3 is 15.0 Å². The van der Waals surface area contributed by atoms with Gasteiger partial charge in [-0.05, 0) is 26.3 Å². The topological polar surface area (TPSA) is 74.8 Å². The monoisotopic (exact) mass is 484 g/mol. The minimum atomic E-state index is -0.412. The summed E-state index contributed by atoms with van der Waals surface area (Å²) < 4.78 is 5.34. The van der Waals surface area contributed by atoms with Gasteiger partial charge in [0.15, 0.2) is 5.13 Å². The third-order valence-corrected chi connectivity index (χ3v) is 7.44. The summed E-state index contributed by atoms with van der Waals surface area (Å²) in [6.45, 7) is 9.59. The molecular formula is C24H28N4O3S2. The Kier molecular flexibility index (Phi) is 7.42. The number of esters is 1. The van der Waals surface area contributed by atoms with E-state index in [1.165, 1.54) is 11.3 Å². The molecule has 1 amide bonds. The number of nitrogens with zero attached hydrogens (tertiary/aromatic N) is 3. The first-order valence-corrected chi connectivity index (χ1v) is 12.7. The van der Waals surface area contributed by atoms with Crippen LogP contribution in [0.2, 0.25) is 0 Å². The molecule has 1 aromatic carbocycles. The van der Waals surface area contributed by atoms with E-state index in [0.29, 0.717) is 10.6 Å². The van der Waals surface area contributed by atoms with E-state index in [1.54, 1.807) is 18.3 Å². The van der Waals surface area contributed by atoms with Crippen molar-refractivity contribution >= 4 is 44.7 Å². The molecule has 1 fully saturated rings. The predicted molar refractivity (Wildman–Crippen MR) is 135 cm³/mol. The number of thiazole rings is 1. The molecule has 1 N–H and O–H groups in total. The molecule has 1 aliphatic rings. The number of benzene rings is 1. The first-order chi connectivity index (χ1) is 16.0. The first kappa shape index (κ1) is 23.4. The first-order valence-electron chi connectivity index (χ1n) is 11.0. The fourth-order valence-corrected chi connectivity index (χ4v) is 5.71. The number of ether oxygens (including phenoxy) is 1. The molecular weight excluding hydrogens is 456 g/mol. The van der Waals surface area contributed by atoms with Gasteiger partial charge in [-0.3, -0.25) is 9.69 Å². The molecule has 3 heterocycles. The Morgan fingerprint density at radius 1 is 1.12 bits per heavy atom. The smallest absolute Gasteiger partial charge is 0.341 e. The maximum atomic E-state index is 12.9. The van der Waals surface area contributed by atoms with Crippen LogP contribution >= 0.6 is 22.7 Å². The molecule has 0 saturated carbocycles. The minimum Gasteiger partial charge on any atom is -0.462 e. The lowest BCUT2D eigenvalue weighted by Crippen LogP contribution is -2.48. The Morgan fingerprint density at radius 3 is 2.48 bits per heavy atom. The number of amides is 1. The second kappa shape index (κ2) is 10.5. The number of piperazine rings is 1. The highest BCUT2D eigenvalue weighted by atomic mass is 32.1. The van der Waals surface area contributed by atoms with Gasteiger partial charge in [0.2, 0.25) is 5.91 Å². The van der Waals surface area contributed by atoms with Crippen molar-refractivity contribution in [3.05, 3.63) is 51.8 Å². The molecule has 0 bridgehead atoms. The zero-order valence-corrected chi connectivity index (χ0v) is 20.7. The Balaban J connectivity index is 1.48. The molecule has 174 valence electrons. The fraction of sp³-hybridized carbons (Fsp3) is 0.375. The van der Waals surface area contributed by atoms with Crippen LogP contribution in [0, 0.1) is 13.8 Å². The summed E-state index contributed by atoms with van der Waals surface area (Å²) in [6.07, 6.45) is 1.81. The van der Waals surface area contributed by atoms with Gasteiger partial charge in [0.25, 0.3) is 0 Å². The molecule has 9 heteroatoms. The lowest BCUT2D eigenvalue weighted by Gasteiger charge is -2.34. The van der Waals surface area contributed by atoms with Gasteiger partial charge in [0, 0.05) is 48.2 Å². The van der Waals surface area contributed by atoms with Crippen LogP contribution in [-0.4, -0.2) is 61.1 Å². The number of anilines is 2. The summed E-state index contributed by atoms with van der Waals surface area (Å²) >= 11 is 3.05. The van der Waals surface area contributed by atoms with Crippen LogP contribution in [-0.2, 0) is 9.53 Å². The van der Waals surface area contributed by atoms with Crippen molar-refractivity contribution < 1.29 is 14.3 Å². The van der Waals surface area contributed by atoms with E-state index in [2.05, 4.69) is 20.1 Å². The molecule has 0 radical (unpaired) electrons. The number of hydrogen-bond donors (Lipinski definition) is 1. The van der Waals surface area contributed by atoms with Crippen molar-refractivity contribution in [1.29, 1.82) is 0 Å². The largest absolute Gasteiger partial charge is 0.462 e. The van der Waals surface area contributed by atoms with Crippen molar-refractivity contribution in [3.8, 4) is 11.1 Å². The third-order valence-electron chi connectivity index (χ3n) is 5.59. The Bertz CT molecular complexity index is 1100. The standard InChI is InChI=1S/C24H28N4O3S2/c1-4-31-23(30)21-20(18-7-5-16(2)6-8-18)17(3)33-22(21)26-19(29)15-27-10-12-28(13-11-27)24-25-9-14-32-24/h5-9,14H,4,10-13,15H2,1-3H3,(H,26,29). The number of carbonyl (C=O) groups excluding carboxylic acids is 2. The fourth-order valence-electron chi connectivity index (χ4n) is 3.94. The van der Waals surface area contributed by atoms with E-state index in [0.717, 1.165) is 52.9 Å². The highest BCUT2D eigenvalue weighted by Gasteiger charge is 2.26. The Morgan fingerprint density at radius 2 is 1.85 bits per heavy atom. The van der Waals surface area contributed by atoms with E-state index in [9.17, 15) is 9.59 Å². The van der Waals surface area contributed by atoms with Crippen LogP contribution in [0.1, 0.15) is 27.7 Å². The van der Waals surface area contributed by atoms with Crippen molar-refractivity contribution in [1.82, 2.24) is 9.88 Å². The molecule has 7 nitrogen and oxygen atoms in total. The van der Waals surface area contributed by atoms with Crippen LogP contribution in [0.25, 0.3) is 11.1 Å². The molecule has 2 aromatic heterocycles. The van der Waals surface area contributed by atoms with Gasteiger partial charge in [0.05, 0.1) is 13.2 Å². The zero-order chi connectivity index (χ0) is 23.4. The summed E-state index contributed by atoms with van der Waals surface area (Å²) in [5.41, 5.74) is 3.35. The number of carbonyl (C=O) groups is 2. The second-order valence-corrected chi connectivity index (χ2v) is 10.0. The SMILES string of the molecule is CCOC(=O)c1c(NC(=O)CN2CCN(c3nccs3)CC2)sc(C)c1-c1ccc(C)cc1. The summed E-state index contributed by atoms with van der Waals surface area (Å²) in [5.74, 6) is -0.537. The van der Waals surface area contributed by atoms with Crippen LogP contribution < -0.4 is 10.2 Å². The average molecular weight is 485 g/mol. The van der Waals surface area contributed by atoms with Gasteiger partial charge in [0.1, 0.15) is 10.6 Å². The summed E-state index contributed by atoms with van der Waals surface area (Å²) in [4.78, 5) is 35.5. The van der Waals surface area contributed by atoms with E-state index < -0.39 is 5.97 Å². The van der Waals surface area contributed by atoms with Crippen molar-refractivity contribution in [3.63, 3.8) is 0 Å². The van der Waals surface area contributed by atoms with Gasteiger partial charge in [-0.25, -0.2) is 9.78 Å². The summed E-state index contributed by atoms with van der Waals surface area (Å²) in [5, 5.41) is 6.54. The van der Waals surface area contributed by atoms with Gasteiger partial charge in [-0.15, -0.1) is 22.7 Å². The lowest BCUT2D eigenvalue weighted by atomic mass is 10.0. The third kappa shape index (κ3) is 5.43. The number of aromatic nitrogens is 1. The highest BCUT2D eigenvalue weighted by molar-refractivity contribution is 7.17. The van der Waals surface area contributed by atoms with Crippen LogP contribution in [0.3, 0.4) is 0 Å². The molecule has 4 rings (SSSR count). The summed E-state index contributed by atoms with van der Waals surface area (Å²) in [7, 11) is 0. The van der Waals surface area contributed by atoms with E-state index in [4.69, 9.17) is 4.74 Å². The van der Waals surface area contributed by atoms with Crippen LogP contribution in [0.4, 0.5) is 10.1 Å². The van der Waals surface area contributed by atoms with Crippen molar-refractivity contribution in [2.45, 2.75) is 20.8 Å². The number of hydrogen-bond acceptors (Lipinski definition) is 8. The van der Waals surface area contributed by atoms with E-state index in [-0.39, 0.29) is 19.1 Å². The number of rotatable bonds is 7. The van der Waals surface area contributed by atoms with Gasteiger partial charge >= 0.3 is 5.97 Å². The Hall–Kier alpha value is -2.75. The molecule has 0 aliphatic carbocycles. The van der Waals surface area contributed by atoms with E-state index in [1.807, 2.05) is 49.7 Å². The minimum absolute atomic E-state index is 0.125. The average Bonchev–Trinajstić information content (AvgIpc) is 3.43. The number of thiophene rings is 1. The Labute approximate surface area is 202 Å². The molecule has 1 aliphatic heterocycles. The maximum Gasteiger partial charge on any atom is 0.341 e. The lowest BCUT2D eigenvalue weighted by molar-refractivity contribution is -0.117. The van der Waals surface area contributed by atoms with Crippen molar-refractivity contribution in [2.24, 2.45) is 0 Å². The highest BCUT2D eigenvalue weighted by Crippen LogP contribution is 2.40. The van der Waals surface area contributed by atoms with Crippen LogP contribution in [0.5, 0.6) is 0 Å². The van der Waals surface area contributed by atoms with Gasteiger partial charge in [-0.1, -0.05) is 29.8 Å². The molecule has 0 spiro atoms. The molecule has 3 aromatic rings. The predicted octanol–water partition coefficient (Wildman–Crippen LogP) is 4.43.